The average molecular weight is 289 g/mol. The average Bonchev–Trinajstić information content (AvgIpc) is 2.94. The Morgan fingerprint density at radius 2 is 2.10 bits per heavy atom. The van der Waals surface area contributed by atoms with E-state index >= 15 is 0 Å². The molecule has 0 spiro atoms. The smallest absolute Gasteiger partial charge is 0.147 e. The van der Waals surface area contributed by atoms with Gasteiger partial charge in [-0.3, -0.25) is 4.90 Å². The predicted molar refractivity (Wildman–Crippen MR) is 77.7 cm³/mol. The van der Waals surface area contributed by atoms with Crippen LogP contribution in [0, 0.1) is 0 Å². The highest BCUT2D eigenvalue weighted by Gasteiger charge is 2.19. The van der Waals surface area contributed by atoms with Crippen molar-refractivity contribution in [3.63, 3.8) is 0 Å². The lowest BCUT2D eigenvalue weighted by atomic mass is 10.3. The standard InChI is InChI=1S/C14H19N5O2/c15-11-1-3-13(4-2-11)21-9-12(20)7-18-5-6-19-10-16-17-14(19)8-18/h1-4,10,12,20H,5-9,15H2. The summed E-state index contributed by atoms with van der Waals surface area (Å²) in [4.78, 5) is 2.15. The van der Waals surface area contributed by atoms with E-state index in [-0.39, 0.29) is 6.61 Å². The topological polar surface area (TPSA) is 89.4 Å². The summed E-state index contributed by atoms with van der Waals surface area (Å²) in [6, 6.07) is 7.15. The number of hydrogen-bond donors (Lipinski definition) is 2. The first kappa shape index (κ1) is 13.8. The molecule has 112 valence electrons. The van der Waals surface area contributed by atoms with Crippen molar-refractivity contribution in [3.8, 4) is 5.75 Å². The van der Waals surface area contributed by atoms with Gasteiger partial charge in [-0.1, -0.05) is 0 Å². The van der Waals surface area contributed by atoms with E-state index < -0.39 is 6.10 Å². The predicted octanol–water partition coefficient (Wildman–Crippen LogP) is 0.116. The molecule has 7 heteroatoms. The fourth-order valence-electron chi connectivity index (χ4n) is 2.38. The number of nitrogens with two attached hydrogens (primary N) is 1. The molecule has 1 atom stereocenters. The normalized spacial score (nSPS) is 16.4. The number of hydrogen-bond acceptors (Lipinski definition) is 6. The molecule has 1 aliphatic heterocycles. The van der Waals surface area contributed by atoms with E-state index in [0.717, 1.165) is 18.9 Å². The third-order valence-corrected chi connectivity index (χ3v) is 3.51. The largest absolute Gasteiger partial charge is 0.491 e. The second kappa shape index (κ2) is 6.11. The molecular weight excluding hydrogens is 270 g/mol. The Balaban J connectivity index is 1.46. The van der Waals surface area contributed by atoms with E-state index in [9.17, 15) is 5.11 Å². The van der Waals surface area contributed by atoms with Crippen molar-refractivity contribution in [1.82, 2.24) is 19.7 Å². The van der Waals surface area contributed by atoms with E-state index in [1.165, 1.54) is 0 Å². The maximum absolute atomic E-state index is 10.1. The number of benzene rings is 1. The van der Waals surface area contributed by atoms with Crippen molar-refractivity contribution in [1.29, 1.82) is 0 Å². The van der Waals surface area contributed by atoms with Crippen LogP contribution in [0.1, 0.15) is 5.82 Å². The summed E-state index contributed by atoms with van der Waals surface area (Å²) in [7, 11) is 0. The maximum Gasteiger partial charge on any atom is 0.147 e. The van der Waals surface area contributed by atoms with Gasteiger partial charge < -0.3 is 20.1 Å². The SMILES string of the molecule is Nc1ccc(OCC(O)CN2CCn3cnnc3C2)cc1. The van der Waals surface area contributed by atoms with E-state index in [4.69, 9.17) is 10.5 Å². The van der Waals surface area contributed by atoms with E-state index in [0.29, 0.717) is 24.5 Å². The van der Waals surface area contributed by atoms with Gasteiger partial charge in [-0.2, -0.15) is 0 Å². The number of β-amino-alcohol motifs (C(OH)–C–C–N with tert-alkyl or cyclic N) is 1. The van der Waals surface area contributed by atoms with Gasteiger partial charge in [0, 0.05) is 25.3 Å². The van der Waals surface area contributed by atoms with Gasteiger partial charge in [-0.15, -0.1) is 10.2 Å². The molecule has 1 unspecified atom stereocenters. The minimum absolute atomic E-state index is 0.257. The lowest BCUT2D eigenvalue weighted by Crippen LogP contribution is -2.40. The third kappa shape index (κ3) is 3.50. The molecule has 0 saturated carbocycles. The van der Waals surface area contributed by atoms with Crippen LogP contribution in [-0.4, -0.2) is 50.6 Å². The van der Waals surface area contributed by atoms with Crippen molar-refractivity contribution in [2.24, 2.45) is 0 Å². The zero-order valence-corrected chi connectivity index (χ0v) is 11.7. The number of aromatic nitrogens is 3. The van der Waals surface area contributed by atoms with Crippen LogP contribution in [0.4, 0.5) is 5.69 Å². The molecule has 21 heavy (non-hydrogen) atoms. The van der Waals surface area contributed by atoms with Crippen LogP contribution in [0.5, 0.6) is 5.75 Å². The fraction of sp³-hybridized carbons (Fsp3) is 0.429. The monoisotopic (exact) mass is 289 g/mol. The Bertz CT molecular complexity index is 583. The zero-order valence-electron chi connectivity index (χ0n) is 11.7. The van der Waals surface area contributed by atoms with Gasteiger partial charge >= 0.3 is 0 Å². The highest BCUT2D eigenvalue weighted by molar-refractivity contribution is 5.41. The summed E-state index contributed by atoms with van der Waals surface area (Å²) >= 11 is 0. The summed E-state index contributed by atoms with van der Waals surface area (Å²) < 4.78 is 7.59. The summed E-state index contributed by atoms with van der Waals surface area (Å²) in [6.07, 6.45) is 1.20. The maximum atomic E-state index is 10.1. The van der Waals surface area contributed by atoms with Gasteiger partial charge in [0.15, 0.2) is 0 Å². The molecule has 3 rings (SSSR count). The van der Waals surface area contributed by atoms with Crippen LogP contribution >= 0.6 is 0 Å². The van der Waals surface area contributed by atoms with E-state index in [1.54, 1.807) is 30.6 Å². The molecule has 1 aromatic carbocycles. The molecule has 2 aromatic rings. The number of aliphatic hydroxyl groups is 1. The molecule has 0 aliphatic carbocycles. The van der Waals surface area contributed by atoms with Crippen LogP contribution in [0.2, 0.25) is 0 Å². The molecule has 0 fully saturated rings. The van der Waals surface area contributed by atoms with Gasteiger partial charge in [0.1, 0.15) is 30.6 Å². The summed E-state index contributed by atoms with van der Waals surface area (Å²) in [5.41, 5.74) is 6.31. The molecule has 7 nitrogen and oxygen atoms in total. The molecule has 0 radical (unpaired) electrons. The van der Waals surface area contributed by atoms with Gasteiger partial charge in [-0.05, 0) is 24.3 Å². The summed E-state index contributed by atoms with van der Waals surface area (Å²) in [6.45, 7) is 3.26. The number of fused-ring (bicyclic) bond motifs is 1. The number of ether oxygens (including phenoxy) is 1. The van der Waals surface area contributed by atoms with Crippen molar-refractivity contribution in [2.75, 3.05) is 25.4 Å². The summed E-state index contributed by atoms with van der Waals surface area (Å²) in [5, 5.41) is 18.0. The van der Waals surface area contributed by atoms with E-state index in [1.807, 2.05) is 4.57 Å². The lowest BCUT2D eigenvalue weighted by Gasteiger charge is -2.28. The minimum atomic E-state index is -0.544. The third-order valence-electron chi connectivity index (χ3n) is 3.51. The molecule has 1 aliphatic rings. The first-order valence-electron chi connectivity index (χ1n) is 6.96. The first-order valence-corrected chi connectivity index (χ1v) is 6.96. The lowest BCUT2D eigenvalue weighted by molar-refractivity contribution is 0.0583. The summed E-state index contributed by atoms with van der Waals surface area (Å²) in [5.74, 6) is 1.65. The number of aliphatic hydroxyl groups excluding tert-OH is 1. The second-order valence-electron chi connectivity index (χ2n) is 5.21. The van der Waals surface area contributed by atoms with E-state index in [2.05, 4.69) is 15.1 Å². The fourth-order valence-corrected chi connectivity index (χ4v) is 2.38. The van der Waals surface area contributed by atoms with Crippen molar-refractivity contribution < 1.29 is 9.84 Å². The minimum Gasteiger partial charge on any atom is -0.491 e. The first-order chi connectivity index (χ1) is 10.2. The van der Waals surface area contributed by atoms with Gasteiger partial charge in [-0.25, -0.2) is 0 Å². The molecule has 2 heterocycles. The van der Waals surface area contributed by atoms with Crippen LogP contribution in [-0.2, 0) is 13.1 Å². The van der Waals surface area contributed by atoms with Crippen molar-refractivity contribution in [2.45, 2.75) is 19.2 Å². The Morgan fingerprint density at radius 1 is 1.29 bits per heavy atom. The van der Waals surface area contributed by atoms with Gasteiger partial charge in [0.2, 0.25) is 0 Å². The number of anilines is 1. The van der Waals surface area contributed by atoms with Crippen LogP contribution in [0.15, 0.2) is 30.6 Å². The molecule has 0 amide bonds. The molecule has 1 aromatic heterocycles. The Kier molecular flexibility index (Phi) is 4.03. The zero-order chi connectivity index (χ0) is 14.7. The molecule has 0 bridgehead atoms. The highest BCUT2D eigenvalue weighted by atomic mass is 16.5. The van der Waals surface area contributed by atoms with Crippen LogP contribution in [0.3, 0.4) is 0 Å². The van der Waals surface area contributed by atoms with Gasteiger partial charge in [0.05, 0.1) is 6.54 Å². The quantitative estimate of drug-likeness (QED) is 0.760. The van der Waals surface area contributed by atoms with Crippen molar-refractivity contribution >= 4 is 5.69 Å². The van der Waals surface area contributed by atoms with Crippen LogP contribution < -0.4 is 10.5 Å². The Hall–Kier alpha value is -2.12. The molecule has 3 N–H and O–H groups in total. The Morgan fingerprint density at radius 3 is 2.90 bits per heavy atom. The second-order valence-corrected chi connectivity index (χ2v) is 5.21. The molecule has 0 saturated heterocycles. The number of rotatable bonds is 5. The van der Waals surface area contributed by atoms with Crippen LogP contribution in [0.25, 0.3) is 0 Å². The highest BCUT2D eigenvalue weighted by Crippen LogP contribution is 2.14. The molecular formula is C14H19N5O2. The Labute approximate surface area is 123 Å². The number of nitrogen functional groups attached to an aromatic ring is 1. The van der Waals surface area contributed by atoms with Crippen molar-refractivity contribution in [3.05, 3.63) is 36.4 Å². The number of nitrogens with zero attached hydrogens (tertiary/aromatic N) is 4. The van der Waals surface area contributed by atoms with Gasteiger partial charge in [0.25, 0.3) is 0 Å².